The van der Waals surface area contributed by atoms with E-state index in [2.05, 4.69) is 0 Å². The second-order valence-corrected chi connectivity index (χ2v) is 1.50. The maximum absolute atomic E-state index is 9.71. The summed E-state index contributed by atoms with van der Waals surface area (Å²) in [6.45, 7) is 0. The fourth-order valence-electron chi connectivity index (χ4n) is 0.263. The van der Waals surface area contributed by atoms with Crippen LogP contribution in [0.3, 0.4) is 0 Å². The molecule has 0 bridgehead atoms. The van der Waals surface area contributed by atoms with Crippen LogP contribution in [0.15, 0.2) is 0 Å². The van der Waals surface area contributed by atoms with Crippen LogP contribution in [-0.2, 0) is 26.4 Å². The Balaban J connectivity index is 0. The van der Waals surface area contributed by atoms with Crippen molar-refractivity contribution < 1.29 is 36.6 Å². The third kappa shape index (κ3) is 5.54. The van der Waals surface area contributed by atoms with Gasteiger partial charge in [-0.05, 0) is 0 Å². The molecule has 0 amide bonds. The first-order valence-electron chi connectivity index (χ1n) is 2.20. The van der Waals surface area contributed by atoms with Crippen LogP contribution < -0.4 is 15.9 Å². The van der Waals surface area contributed by atoms with E-state index < -0.39 is 24.4 Å². The molecule has 0 saturated carbocycles. The zero-order chi connectivity index (χ0) is 7.44. The molecule has 5 nitrogen and oxygen atoms in total. The predicted molar refractivity (Wildman–Crippen MR) is 22.6 cm³/mol. The number of carbonyl (C=O) groups is 2. The van der Waals surface area contributed by atoms with E-state index in [9.17, 15) is 19.8 Å². The number of hydrogen-bond acceptors (Lipinski definition) is 5. The van der Waals surface area contributed by atoms with Gasteiger partial charge >= 0.3 is 16.8 Å². The van der Waals surface area contributed by atoms with Gasteiger partial charge in [-0.3, -0.25) is 0 Å². The van der Waals surface area contributed by atoms with Gasteiger partial charge in [-0.25, -0.2) is 0 Å². The summed E-state index contributed by atoms with van der Waals surface area (Å²) >= 11 is 0. The average Bonchev–Trinajstić information content (AvgIpc) is 1.63. The molecule has 0 aromatic rings. The van der Waals surface area contributed by atoms with Gasteiger partial charge < -0.3 is 25.5 Å². The van der Waals surface area contributed by atoms with E-state index in [0.717, 1.165) is 0 Å². The fourth-order valence-corrected chi connectivity index (χ4v) is 0.263. The molecule has 0 aromatic carbocycles. The Morgan fingerprint density at radius 2 is 1.80 bits per heavy atom. The van der Waals surface area contributed by atoms with Crippen LogP contribution in [0.2, 0.25) is 0 Å². The summed E-state index contributed by atoms with van der Waals surface area (Å²) in [4.78, 5) is 19.3. The number of nitrogens with two attached hydrogens (primary N) is 1. The first-order valence-corrected chi connectivity index (χ1v) is 2.20. The van der Waals surface area contributed by atoms with Crippen molar-refractivity contribution in [3.8, 4) is 0 Å². The Bertz CT molecular complexity index is 137. The van der Waals surface area contributed by atoms with Crippen molar-refractivity contribution in [2.45, 2.75) is 12.5 Å². The van der Waals surface area contributed by atoms with Gasteiger partial charge in [0, 0.05) is 18.4 Å². The largest absolute Gasteiger partial charge is 2.00 e. The summed E-state index contributed by atoms with van der Waals surface area (Å²) < 4.78 is 0. The van der Waals surface area contributed by atoms with E-state index in [1.165, 1.54) is 0 Å². The molecule has 0 unspecified atom stereocenters. The molecule has 59 valence electrons. The number of carboxylic acids is 2. The van der Waals surface area contributed by atoms with Gasteiger partial charge in [0.1, 0.15) is 0 Å². The molecule has 10 heavy (non-hydrogen) atoms. The van der Waals surface area contributed by atoms with Gasteiger partial charge in [0.25, 0.3) is 0 Å². The molecule has 0 rings (SSSR count). The Morgan fingerprint density at radius 3 is 1.90 bits per heavy atom. The quantitative estimate of drug-likeness (QED) is 0.491. The fraction of sp³-hybridized carbons (Fsp3) is 0.500. The maximum atomic E-state index is 9.71. The SMILES string of the molecule is N[C@@H](CC(=O)[O-])C(=O)[O-].[Co+2]. The predicted octanol–water partition coefficient (Wildman–Crippen LogP) is -3.80. The molecule has 1 atom stereocenters. The Kier molecular flexibility index (Phi) is 6.32. The van der Waals surface area contributed by atoms with Crippen LogP contribution in [0.5, 0.6) is 0 Å². The molecular formula is C4H5CoNO4. The summed E-state index contributed by atoms with van der Waals surface area (Å²) in [6, 6.07) is -1.46. The number of rotatable bonds is 3. The normalized spacial score (nSPS) is 11.3. The minimum Gasteiger partial charge on any atom is -0.550 e. The third-order valence-corrected chi connectivity index (χ3v) is 0.689. The summed E-state index contributed by atoms with van der Waals surface area (Å²) in [6.07, 6.45) is -0.706. The van der Waals surface area contributed by atoms with Crippen molar-refractivity contribution >= 4 is 11.9 Å². The van der Waals surface area contributed by atoms with Crippen LogP contribution in [-0.4, -0.2) is 18.0 Å². The maximum Gasteiger partial charge on any atom is 2.00 e. The molecule has 1 radical (unpaired) electrons. The van der Waals surface area contributed by atoms with Gasteiger partial charge in [0.2, 0.25) is 0 Å². The van der Waals surface area contributed by atoms with Gasteiger partial charge in [0.15, 0.2) is 0 Å². The Morgan fingerprint density at radius 1 is 1.40 bits per heavy atom. The van der Waals surface area contributed by atoms with E-state index in [1.807, 2.05) is 0 Å². The number of hydrogen-bond donors (Lipinski definition) is 1. The van der Waals surface area contributed by atoms with Crippen molar-refractivity contribution in [1.29, 1.82) is 0 Å². The molecule has 0 heterocycles. The molecule has 0 fully saturated rings. The van der Waals surface area contributed by atoms with E-state index >= 15 is 0 Å². The second kappa shape index (κ2) is 5.21. The summed E-state index contributed by atoms with van der Waals surface area (Å²) in [5.41, 5.74) is 4.73. The molecule has 0 aliphatic carbocycles. The van der Waals surface area contributed by atoms with Gasteiger partial charge in [-0.1, -0.05) is 0 Å². The van der Waals surface area contributed by atoms with Crippen molar-refractivity contribution in [3.05, 3.63) is 0 Å². The summed E-state index contributed by atoms with van der Waals surface area (Å²) in [5, 5.41) is 19.3. The Hall–Kier alpha value is -0.594. The average molecular weight is 190 g/mol. The van der Waals surface area contributed by atoms with E-state index in [1.54, 1.807) is 0 Å². The molecule has 6 heteroatoms. The summed E-state index contributed by atoms with van der Waals surface area (Å²) in [5.74, 6) is -3.08. The topological polar surface area (TPSA) is 106 Å². The Labute approximate surface area is 67.4 Å². The minimum atomic E-state index is -1.58. The zero-order valence-corrected chi connectivity index (χ0v) is 5.87. The van der Waals surface area contributed by atoms with E-state index in [0.29, 0.717) is 0 Å². The molecule has 0 aromatic heterocycles. The van der Waals surface area contributed by atoms with Crippen molar-refractivity contribution in [2.24, 2.45) is 5.73 Å². The van der Waals surface area contributed by atoms with Crippen LogP contribution >= 0.6 is 0 Å². The molecule has 0 spiro atoms. The van der Waals surface area contributed by atoms with Crippen LogP contribution in [0.25, 0.3) is 0 Å². The summed E-state index contributed by atoms with van der Waals surface area (Å²) in [7, 11) is 0. The zero-order valence-electron chi connectivity index (χ0n) is 4.83. The van der Waals surface area contributed by atoms with Crippen molar-refractivity contribution in [2.75, 3.05) is 0 Å². The molecule has 0 aliphatic heterocycles. The standard InChI is InChI=1S/C4H7NO4.Co/c5-2(4(8)9)1-3(6)7;/h2H,1,5H2,(H,6,7)(H,8,9);/q;+2/p-2/t2-;/m0./s1. The van der Waals surface area contributed by atoms with Gasteiger partial charge in [-0.2, -0.15) is 0 Å². The number of aliphatic carboxylic acids is 2. The third-order valence-electron chi connectivity index (χ3n) is 0.689. The first-order chi connectivity index (χ1) is 4.04. The smallest absolute Gasteiger partial charge is 0.550 e. The molecule has 0 saturated heterocycles. The molecule has 0 aliphatic rings. The van der Waals surface area contributed by atoms with Gasteiger partial charge in [-0.15, -0.1) is 0 Å². The monoisotopic (exact) mass is 190 g/mol. The minimum absolute atomic E-state index is 0. The van der Waals surface area contributed by atoms with Crippen molar-refractivity contribution in [3.63, 3.8) is 0 Å². The van der Waals surface area contributed by atoms with Crippen LogP contribution in [0.1, 0.15) is 6.42 Å². The molecular weight excluding hydrogens is 185 g/mol. The van der Waals surface area contributed by atoms with E-state index in [4.69, 9.17) is 5.73 Å². The van der Waals surface area contributed by atoms with Crippen LogP contribution in [0, 0.1) is 0 Å². The van der Waals surface area contributed by atoms with Crippen molar-refractivity contribution in [1.82, 2.24) is 0 Å². The number of carboxylic acid groups (broad SMARTS) is 2. The van der Waals surface area contributed by atoms with Crippen LogP contribution in [0.4, 0.5) is 0 Å². The molecule has 2 N–H and O–H groups in total. The first kappa shape index (κ1) is 12.1. The van der Waals surface area contributed by atoms with Gasteiger partial charge in [0.05, 0.1) is 5.97 Å². The second-order valence-electron chi connectivity index (χ2n) is 1.50. The van der Waals surface area contributed by atoms with E-state index in [-0.39, 0.29) is 16.8 Å². The number of carbonyl (C=O) groups excluding carboxylic acids is 2.